The summed E-state index contributed by atoms with van der Waals surface area (Å²) in [4.78, 5) is 2.21. The third kappa shape index (κ3) is 4.22. The number of nitrogens with zero attached hydrogens (tertiary/aromatic N) is 1. The molecule has 2 nitrogen and oxygen atoms in total. The van der Waals surface area contributed by atoms with Crippen molar-refractivity contribution in [1.29, 1.82) is 0 Å². The molecule has 0 aliphatic rings. The Morgan fingerprint density at radius 3 is 2.20 bits per heavy atom. The fourth-order valence-electron chi connectivity index (χ4n) is 2.09. The molecule has 2 aromatic carbocycles. The minimum atomic E-state index is 0.514. The first-order chi connectivity index (χ1) is 9.58. The molecule has 2 N–H and O–H groups in total. The minimum absolute atomic E-state index is 0.514. The highest BCUT2D eigenvalue weighted by Gasteiger charge is 2.06. The lowest BCUT2D eigenvalue weighted by Crippen LogP contribution is -2.17. The maximum absolute atomic E-state index is 6.28. The summed E-state index contributed by atoms with van der Waals surface area (Å²) >= 11 is 12.2. The van der Waals surface area contributed by atoms with Gasteiger partial charge >= 0.3 is 0 Å². The topological polar surface area (TPSA) is 29.3 Å². The summed E-state index contributed by atoms with van der Waals surface area (Å²) in [5.74, 6) is 0. The van der Waals surface area contributed by atoms with E-state index in [1.165, 1.54) is 5.56 Å². The number of hydrogen-bond donors (Lipinski definition) is 1. The third-order valence-corrected chi connectivity index (χ3v) is 3.76. The molecule has 0 radical (unpaired) electrons. The van der Waals surface area contributed by atoms with E-state index in [0.29, 0.717) is 6.54 Å². The summed E-state index contributed by atoms with van der Waals surface area (Å²) in [6, 6.07) is 13.9. The van der Waals surface area contributed by atoms with Crippen molar-refractivity contribution in [2.45, 2.75) is 19.6 Å². The van der Waals surface area contributed by atoms with E-state index >= 15 is 0 Å². The van der Waals surface area contributed by atoms with Crippen LogP contribution in [0.5, 0.6) is 0 Å². The van der Waals surface area contributed by atoms with Gasteiger partial charge in [0.25, 0.3) is 0 Å². The van der Waals surface area contributed by atoms with Gasteiger partial charge in [-0.15, -0.1) is 0 Å². The van der Waals surface area contributed by atoms with E-state index in [4.69, 9.17) is 28.9 Å². The molecule has 0 spiro atoms. The first kappa shape index (κ1) is 15.3. The molecule has 0 amide bonds. The Balaban J connectivity index is 2.00. The molecule has 0 bridgehead atoms. The Labute approximate surface area is 130 Å². The van der Waals surface area contributed by atoms with Crippen molar-refractivity contribution < 1.29 is 0 Å². The lowest BCUT2D eigenvalue weighted by molar-refractivity contribution is 0.319. The van der Waals surface area contributed by atoms with E-state index in [0.717, 1.165) is 34.3 Å². The van der Waals surface area contributed by atoms with Gasteiger partial charge in [0.2, 0.25) is 0 Å². The van der Waals surface area contributed by atoms with Gasteiger partial charge in [0.15, 0.2) is 0 Å². The van der Waals surface area contributed by atoms with E-state index in [-0.39, 0.29) is 0 Å². The Kier molecular flexibility index (Phi) is 5.44. The second-order valence-electron chi connectivity index (χ2n) is 4.93. The lowest BCUT2D eigenvalue weighted by atomic mass is 10.1. The summed E-state index contributed by atoms with van der Waals surface area (Å²) in [5, 5.41) is 1.53. The molecule has 2 rings (SSSR count). The highest BCUT2D eigenvalue weighted by atomic mass is 35.5. The fraction of sp³-hybridized carbons (Fsp3) is 0.250. The molecule has 0 unspecified atom stereocenters. The molecule has 0 heterocycles. The molecule has 0 aliphatic carbocycles. The van der Waals surface area contributed by atoms with Crippen molar-refractivity contribution in [3.05, 3.63) is 69.2 Å². The van der Waals surface area contributed by atoms with Crippen LogP contribution in [0.2, 0.25) is 10.0 Å². The molecule has 20 heavy (non-hydrogen) atoms. The van der Waals surface area contributed by atoms with Gasteiger partial charge in [-0.25, -0.2) is 0 Å². The van der Waals surface area contributed by atoms with Gasteiger partial charge in [-0.1, -0.05) is 47.5 Å². The normalized spacial score (nSPS) is 11.1. The molecule has 106 valence electrons. The zero-order chi connectivity index (χ0) is 14.5. The maximum Gasteiger partial charge on any atom is 0.0454 e. The van der Waals surface area contributed by atoms with Crippen LogP contribution in [0.4, 0.5) is 0 Å². The maximum atomic E-state index is 6.28. The summed E-state index contributed by atoms with van der Waals surface area (Å²) in [7, 11) is 2.07. The van der Waals surface area contributed by atoms with Crippen molar-refractivity contribution in [3.63, 3.8) is 0 Å². The number of nitrogens with two attached hydrogens (primary N) is 1. The highest BCUT2D eigenvalue weighted by molar-refractivity contribution is 6.31. The Morgan fingerprint density at radius 1 is 0.950 bits per heavy atom. The second-order valence-corrected chi connectivity index (χ2v) is 5.77. The Morgan fingerprint density at radius 2 is 1.60 bits per heavy atom. The van der Waals surface area contributed by atoms with Crippen LogP contribution in [-0.2, 0) is 19.6 Å². The monoisotopic (exact) mass is 308 g/mol. The number of halogens is 2. The SMILES string of the molecule is CN(Cc1ccc(Cl)cc1)Cc1ccc(CN)cc1Cl. The number of hydrogen-bond acceptors (Lipinski definition) is 2. The van der Waals surface area contributed by atoms with Crippen LogP contribution in [0, 0.1) is 0 Å². The van der Waals surface area contributed by atoms with Crippen molar-refractivity contribution in [3.8, 4) is 0 Å². The first-order valence-electron chi connectivity index (χ1n) is 6.49. The standard InChI is InChI=1S/C16H18Cl2N2/c1-20(10-12-3-6-15(17)7-4-12)11-14-5-2-13(9-19)8-16(14)18/h2-8H,9-11,19H2,1H3. The molecule has 4 heteroatoms. The zero-order valence-corrected chi connectivity index (χ0v) is 13.0. The molecule has 0 atom stereocenters. The van der Waals surface area contributed by atoms with Crippen molar-refractivity contribution in [1.82, 2.24) is 4.90 Å². The van der Waals surface area contributed by atoms with Crippen LogP contribution in [-0.4, -0.2) is 11.9 Å². The Bertz CT molecular complexity index is 567. The Hall–Kier alpha value is -1.06. The molecule has 0 aliphatic heterocycles. The predicted molar refractivity (Wildman–Crippen MR) is 86.0 cm³/mol. The van der Waals surface area contributed by atoms with E-state index in [1.54, 1.807) is 0 Å². The van der Waals surface area contributed by atoms with Crippen molar-refractivity contribution >= 4 is 23.2 Å². The van der Waals surface area contributed by atoms with Crippen LogP contribution < -0.4 is 5.73 Å². The number of rotatable bonds is 5. The second kappa shape index (κ2) is 7.09. The summed E-state index contributed by atoms with van der Waals surface area (Å²) in [5.41, 5.74) is 9.00. The van der Waals surface area contributed by atoms with Crippen LogP contribution in [0.1, 0.15) is 16.7 Å². The van der Waals surface area contributed by atoms with E-state index in [9.17, 15) is 0 Å². The first-order valence-corrected chi connectivity index (χ1v) is 7.24. The molecular weight excluding hydrogens is 291 g/mol. The number of benzene rings is 2. The van der Waals surface area contributed by atoms with Gasteiger partial charge in [0.05, 0.1) is 0 Å². The summed E-state index contributed by atoms with van der Waals surface area (Å²) < 4.78 is 0. The fourth-order valence-corrected chi connectivity index (χ4v) is 2.48. The van der Waals surface area contributed by atoms with Gasteiger partial charge in [0, 0.05) is 29.7 Å². The molecule has 0 saturated carbocycles. The van der Waals surface area contributed by atoms with Crippen LogP contribution in [0.25, 0.3) is 0 Å². The largest absolute Gasteiger partial charge is 0.326 e. The molecule has 2 aromatic rings. The van der Waals surface area contributed by atoms with Crippen LogP contribution >= 0.6 is 23.2 Å². The van der Waals surface area contributed by atoms with Crippen LogP contribution in [0.3, 0.4) is 0 Å². The smallest absolute Gasteiger partial charge is 0.0454 e. The zero-order valence-electron chi connectivity index (χ0n) is 11.4. The molecule has 0 aromatic heterocycles. The van der Waals surface area contributed by atoms with Gasteiger partial charge in [-0.3, -0.25) is 4.90 Å². The third-order valence-electron chi connectivity index (χ3n) is 3.16. The van der Waals surface area contributed by atoms with E-state index in [1.807, 2.05) is 42.5 Å². The quantitative estimate of drug-likeness (QED) is 0.901. The van der Waals surface area contributed by atoms with E-state index < -0.39 is 0 Å². The van der Waals surface area contributed by atoms with Crippen LogP contribution in [0.15, 0.2) is 42.5 Å². The predicted octanol–water partition coefficient (Wildman–Crippen LogP) is 4.08. The van der Waals surface area contributed by atoms with Gasteiger partial charge in [-0.2, -0.15) is 0 Å². The van der Waals surface area contributed by atoms with Crippen molar-refractivity contribution in [2.75, 3.05) is 7.05 Å². The van der Waals surface area contributed by atoms with Gasteiger partial charge in [-0.05, 0) is 41.9 Å². The lowest BCUT2D eigenvalue weighted by Gasteiger charge is -2.18. The summed E-state index contributed by atoms with van der Waals surface area (Å²) in [6.45, 7) is 2.17. The molecular formula is C16H18Cl2N2. The average Bonchev–Trinajstić information content (AvgIpc) is 2.43. The van der Waals surface area contributed by atoms with Crippen molar-refractivity contribution in [2.24, 2.45) is 5.73 Å². The van der Waals surface area contributed by atoms with Gasteiger partial charge < -0.3 is 5.73 Å². The molecule has 0 fully saturated rings. The molecule has 0 saturated heterocycles. The highest BCUT2D eigenvalue weighted by Crippen LogP contribution is 2.20. The van der Waals surface area contributed by atoms with Gasteiger partial charge in [0.1, 0.15) is 0 Å². The minimum Gasteiger partial charge on any atom is -0.326 e. The average molecular weight is 309 g/mol. The summed E-state index contributed by atoms with van der Waals surface area (Å²) in [6.07, 6.45) is 0. The van der Waals surface area contributed by atoms with E-state index in [2.05, 4.69) is 11.9 Å².